The number of nitrogens with one attached hydrogen (secondary N) is 1. The van der Waals surface area contributed by atoms with Gasteiger partial charge in [-0.25, -0.2) is 15.0 Å². The molecule has 0 fully saturated rings. The fourth-order valence-electron chi connectivity index (χ4n) is 1.73. The molecule has 0 bridgehead atoms. The van der Waals surface area contributed by atoms with Gasteiger partial charge in [-0.1, -0.05) is 6.07 Å². The Bertz CT molecular complexity index is 827. The van der Waals surface area contributed by atoms with E-state index < -0.39 is 12.0 Å². The van der Waals surface area contributed by atoms with Crippen molar-refractivity contribution in [2.45, 2.75) is 30.2 Å². The Morgan fingerprint density at radius 1 is 1.17 bits per heavy atom. The molecule has 10 heteroatoms. The van der Waals surface area contributed by atoms with Crippen LogP contribution in [0.3, 0.4) is 0 Å². The van der Waals surface area contributed by atoms with Gasteiger partial charge in [0.1, 0.15) is 5.03 Å². The molecule has 0 saturated heterocycles. The maximum atomic E-state index is 12.8. The summed E-state index contributed by atoms with van der Waals surface area (Å²) < 4.78 is 38.5. The van der Waals surface area contributed by atoms with E-state index in [4.69, 9.17) is 0 Å². The Morgan fingerprint density at radius 3 is 2.61 bits per heavy atom. The number of nitrogens with zero attached hydrogens (tertiary/aromatic N) is 4. The zero-order valence-electron chi connectivity index (χ0n) is 12.0. The van der Waals surface area contributed by atoms with Crippen molar-refractivity contribution in [3.63, 3.8) is 0 Å². The topological polar surface area (TPSA) is 67.3 Å². The van der Waals surface area contributed by atoms with Crippen LogP contribution in [-0.2, 0) is 6.18 Å². The summed E-state index contributed by atoms with van der Waals surface area (Å²) in [6.45, 7) is 3.19. The SMILES string of the molecule is Cc1nc(C(F)(F)F)nc(Sc2n[nH]c(-c3cccs3)n2)c1C. The van der Waals surface area contributed by atoms with Gasteiger partial charge in [-0.05, 0) is 37.1 Å². The third kappa shape index (κ3) is 3.37. The Labute approximate surface area is 137 Å². The van der Waals surface area contributed by atoms with Gasteiger partial charge in [0.25, 0.3) is 0 Å². The van der Waals surface area contributed by atoms with Gasteiger partial charge < -0.3 is 0 Å². The molecule has 3 rings (SSSR count). The molecule has 0 amide bonds. The van der Waals surface area contributed by atoms with E-state index in [0.29, 0.717) is 16.5 Å². The molecule has 23 heavy (non-hydrogen) atoms. The molecule has 0 radical (unpaired) electrons. The summed E-state index contributed by atoms with van der Waals surface area (Å²) in [7, 11) is 0. The van der Waals surface area contributed by atoms with Crippen molar-refractivity contribution in [3.8, 4) is 10.7 Å². The summed E-state index contributed by atoms with van der Waals surface area (Å²) in [4.78, 5) is 12.3. The molecule has 0 aliphatic heterocycles. The lowest BCUT2D eigenvalue weighted by Crippen LogP contribution is -2.13. The molecule has 120 valence electrons. The molecule has 0 atom stereocenters. The van der Waals surface area contributed by atoms with Gasteiger partial charge in [-0.2, -0.15) is 13.2 Å². The molecule has 3 heterocycles. The Hall–Kier alpha value is -1.94. The summed E-state index contributed by atoms with van der Waals surface area (Å²) in [5.41, 5.74) is 0.856. The van der Waals surface area contributed by atoms with Gasteiger partial charge in [0.2, 0.25) is 11.0 Å². The zero-order chi connectivity index (χ0) is 16.6. The largest absolute Gasteiger partial charge is 0.451 e. The van der Waals surface area contributed by atoms with Crippen LogP contribution in [-0.4, -0.2) is 25.1 Å². The second-order valence-corrected chi connectivity index (χ2v) is 6.51. The number of halogens is 3. The summed E-state index contributed by atoms with van der Waals surface area (Å²) in [5.74, 6) is -0.584. The number of hydrogen-bond acceptors (Lipinski definition) is 6. The van der Waals surface area contributed by atoms with E-state index in [0.717, 1.165) is 16.6 Å². The molecule has 0 unspecified atom stereocenters. The van der Waals surface area contributed by atoms with Crippen LogP contribution in [0.25, 0.3) is 10.7 Å². The monoisotopic (exact) mass is 357 g/mol. The minimum atomic E-state index is -4.59. The summed E-state index contributed by atoms with van der Waals surface area (Å²) in [6, 6.07) is 3.75. The number of H-pyrrole nitrogens is 1. The fourth-order valence-corrected chi connectivity index (χ4v) is 3.23. The molecule has 1 N–H and O–H groups in total. The van der Waals surface area contributed by atoms with E-state index in [9.17, 15) is 13.2 Å². The van der Waals surface area contributed by atoms with Gasteiger partial charge in [0.15, 0.2) is 5.82 Å². The first-order chi connectivity index (χ1) is 10.8. The van der Waals surface area contributed by atoms with Gasteiger partial charge in [0.05, 0.1) is 4.88 Å². The smallest absolute Gasteiger partial charge is 0.257 e. The molecule has 0 saturated carbocycles. The average Bonchev–Trinajstić information content (AvgIpc) is 3.13. The molecule has 3 aromatic rings. The van der Waals surface area contributed by atoms with Crippen molar-refractivity contribution >= 4 is 23.1 Å². The van der Waals surface area contributed by atoms with Crippen LogP contribution >= 0.6 is 23.1 Å². The highest BCUT2D eigenvalue weighted by Gasteiger charge is 2.35. The van der Waals surface area contributed by atoms with Crippen molar-refractivity contribution in [3.05, 3.63) is 34.6 Å². The van der Waals surface area contributed by atoms with Crippen LogP contribution in [0.4, 0.5) is 13.2 Å². The van der Waals surface area contributed by atoms with E-state index in [1.165, 1.54) is 18.3 Å². The van der Waals surface area contributed by atoms with E-state index >= 15 is 0 Å². The lowest BCUT2D eigenvalue weighted by molar-refractivity contribution is -0.145. The van der Waals surface area contributed by atoms with Crippen molar-refractivity contribution < 1.29 is 13.2 Å². The van der Waals surface area contributed by atoms with Gasteiger partial charge in [0, 0.05) is 11.3 Å². The number of rotatable bonds is 3. The highest BCUT2D eigenvalue weighted by molar-refractivity contribution is 7.99. The second-order valence-electron chi connectivity index (χ2n) is 4.61. The lowest BCUT2D eigenvalue weighted by atomic mass is 10.3. The predicted molar refractivity (Wildman–Crippen MR) is 80.3 cm³/mol. The zero-order valence-corrected chi connectivity index (χ0v) is 13.6. The third-order valence-corrected chi connectivity index (χ3v) is 4.84. The predicted octanol–water partition coefficient (Wildman–Crippen LogP) is 4.11. The number of thiophene rings is 1. The van der Waals surface area contributed by atoms with Gasteiger partial charge >= 0.3 is 6.18 Å². The Balaban J connectivity index is 1.92. The van der Waals surface area contributed by atoms with E-state index in [1.54, 1.807) is 6.92 Å². The molecule has 0 aromatic carbocycles. The minimum absolute atomic E-state index is 0.196. The standard InChI is InChI=1S/C13H10F3N5S2/c1-6-7(2)17-11(13(14,15)16)19-10(6)23-12-18-9(20-21-12)8-4-3-5-22-8/h3-5H,1-2H3,(H,18,20,21). The van der Waals surface area contributed by atoms with E-state index in [2.05, 4.69) is 25.1 Å². The van der Waals surface area contributed by atoms with Crippen LogP contribution < -0.4 is 0 Å². The molecular weight excluding hydrogens is 347 g/mol. The molecular formula is C13H10F3N5S2. The number of aromatic amines is 1. The number of aromatic nitrogens is 5. The van der Waals surface area contributed by atoms with Crippen LogP contribution in [0.15, 0.2) is 27.7 Å². The van der Waals surface area contributed by atoms with Crippen molar-refractivity contribution in [1.29, 1.82) is 0 Å². The molecule has 3 aromatic heterocycles. The molecule has 0 spiro atoms. The quantitative estimate of drug-likeness (QED) is 0.715. The average molecular weight is 357 g/mol. The fraction of sp³-hybridized carbons (Fsp3) is 0.231. The number of aryl methyl sites for hydroxylation is 1. The lowest BCUT2D eigenvalue weighted by Gasteiger charge is -2.10. The maximum Gasteiger partial charge on any atom is 0.451 e. The molecule has 5 nitrogen and oxygen atoms in total. The van der Waals surface area contributed by atoms with Crippen LogP contribution in [0, 0.1) is 13.8 Å². The van der Waals surface area contributed by atoms with E-state index in [1.807, 2.05) is 17.5 Å². The van der Waals surface area contributed by atoms with Crippen molar-refractivity contribution in [2.24, 2.45) is 0 Å². The highest BCUT2D eigenvalue weighted by atomic mass is 32.2. The normalized spacial score (nSPS) is 11.9. The third-order valence-electron chi connectivity index (χ3n) is 3.01. The number of alkyl halides is 3. The van der Waals surface area contributed by atoms with Crippen LogP contribution in [0.1, 0.15) is 17.1 Å². The number of hydrogen-bond donors (Lipinski definition) is 1. The van der Waals surface area contributed by atoms with Crippen LogP contribution in [0.5, 0.6) is 0 Å². The van der Waals surface area contributed by atoms with E-state index in [-0.39, 0.29) is 10.7 Å². The maximum absolute atomic E-state index is 12.8. The van der Waals surface area contributed by atoms with Crippen molar-refractivity contribution in [1.82, 2.24) is 25.1 Å². The summed E-state index contributed by atoms with van der Waals surface area (Å²) in [6.07, 6.45) is -4.59. The van der Waals surface area contributed by atoms with Crippen LogP contribution in [0.2, 0.25) is 0 Å². The minimum Gasteiger partial charge on any atom is -0.257 e. The van der Waals surface area contributed by atoms with Gasteiger partial charge in [-0.3, -0.25) is 5.10 Å². The molecule has 0 aliphatic rings. The molecule has 0 aliphatic carbocycles. The van der Waals surface area contributed by atoms with Crippen molar-refractivity contribution in [2.75, 3.05) is 0 Å². The summed E-state index contributed by atoms with van der Waals surface area (Å²) in [5, 5.41) is 9.20. The summed E-state index contributed by atoms with van der Waals surface area (Å²) >= 11 is 2.47. The first-order valence-corrected chi connectivity index (χ1v) is 8.11. The Kier molecular flexibility index (Phi) is 4.11. The van der Waals surface area contributed by atoms with Gasteiger partial charge in [-0.15, -0.1) is 16.4 Å². The first-order valence-electron chi connectivity index (χ1n) is 6.41. The Morgan fingerprint density at radius 2 is 1.96 bits per heavy atom. The highest BCUT2D eigenvalue weighted by Crippen LogP contribution is 2.33. The first kappa shape index (κ1) is 15.9. The second kappa shape index (κ2) is 5.93.